The molecule has 0 fully saturated rings. The maximum Gasteiger partial charge on any atom is 0.317 e. The van der Waals surface area contributed by atoms with Crippen LogP contribution in [0.25, 0.3) is 11.5 Å². The van der Waals surface area contributed by atoms with Crippen molar-refractivity contribution in [1.29, 1.82) is 0 Å². The van der Waals surface area contributed by atoms with E-state index in [-0.39, 0.29) is 23.1 Å². The van der Waals surface area contributed by atoms with E-state index in [1.165, 1.54) is 26.4 Å². The Morgan fingerprint density at radius 2 is 1.66 bits per heavy atom. The van der Waals surface area contributed by atoms with Gasteiger partial charge in [-0.3, -0.25) is 4.72 Å². The second-order valence-corrected chi connectivity index (χ2v) is 7.76. The summed E-state index contributed by atoms with van der Waals surface area (Å²) in [6.07, 6.45) is 0. The van der Waals surface area contributed by atoms with Crippen LogP contribution in [0.1, 0.15) is 0 Å². The Morgan fingerprint density at radius 1 is 1.03 bits per heavy atom. The van der Waals surface area contributed by atoms with Gasteiger partial charge in [-0.1, -0.05) is 5.10 Å². The molecule has 2 aromatic carbocycles. The van der Waals surface area contributed by atoms with Crippen molar-refractivity contribution in [3.8, 4) is 23.0 Å². The Morgan fingerprint density at radius 3 is 2.21 bits per heavy atom. The molecule has 1 heterocycles. The molecule has 0 aliphatic carbocycles. The number of halogens is 1. The number of anilines is 2. The molecule has 29 heavy (non-hydrogen) atoms. The highest BCUT2D eigenvalue weighted by Crippen LogP contribution is 2.33. The minimum Gasteiger partial charge on any atom is -0.493 e. The number of hydrogen-bond acceptors (Lipinski definition) is 8. The van der Waals surface area contributed by atoms with E-state index in [4.69, 9.17) is 13.9 Å². The predicted molar refractivity (Wildman–Crippen MR) is 104 cm³/mol. The van der Waals surface area contributed by atoms with Crippen molar-refractivity contribution < 1.29 is 26.7 Å². The first-order chi connectivity index (χ1) is 13.7. The molecule has 0 aliphatic rings. The number of sulfonamides is 1. The lowest BCUT2D eigenvalue weighted by Crippen LogP contribution is -2.15. The summed E-state index contributed by atoms with van der Waals surface area (Å²) in [7, 11) is 1.99. The molecule has 0 radical (unpaired) electrons. The minimum absolute atomic E-state index is 0.0879. The van der Waals surface area contributed by atoms with Crippen molar-refractivity contribution in [3.63, 3.8) is 0 Å². The van der Waals surface area contributed by atoms with Crippen LogP contribution in [0, 0.1) is 5.82 Å². The highest BCUT2D eigenvalue weighted by atomic mass is 32.2. The summed E-state index contributed by atoms with van der Waals surface area (Å²) in [6.45, 7) is 0. The number of nitrogens with one attached hydrogen (secondary N) is 1. The van der Waals surface area contributed by atoms with Gasteiger partial charge < -0.3 is 18.8 Å². The van der Waals surface area contributed by atoms with Gasteiger partial charge in [-0.15, -0.1) is 5.10 Å². The fourth-order valence-electron chi connectivity index (χ4n) is 2.45. The number of benzene rings is 2. The monoisotopic (exact) mass is 422 g/mol. The summed E-state index contributed by atoms with van der Waals surface area (Å²) >= 11 is 0. The Labute approximate surface area is 167 Å². The first kappa shape index (κ1) is 20.4. The molecular weight excluding hydrogens is 403 g/mol. The topological polar surface area (TPSA) is 107 Å². The number of ether oxygens (including phenoxy) is 2. The largest absolute Gasteiger partial charge is 0.493 e. The smallest absolute Gasteiger partial charge is 0.317 e. The van der Waals surface area contributed by atoms with E-state index >= 15 is 0 Å². The SMILES string of the molecule is COc1cc(F)c(S(=O)(=O)Nc2ccc(-c3nnc(N(C)C)o3)cc2)cc1OC. The molecule has 0 unspecified atom stereocenters. The van der Waals surface area contributed by atoms with Crippen LogP contribution in [-0.4, -0.2) is 46.9 Å². The van der Waals surface area contributed by atoms with Gasteiger partial charge in [0.2, 0.25) is 5.89 Å². The predicted octanol–water partition coefficient (Wildman–Crippen LogP) is 2.76. The summed E-state index contributed by atoms with van der Waals surface area (Å²) in [6, 6.07) is 8.58. The van der Waals surface area contributed by atoms with E-state index in [0.717, 1.165) is 12.1 Å². The Bertz CT molecular complexity index is 1110. The van der Waals surface area contributed by atoms with Crippen LogP contribution in [0.5, 0.6) is 11.5 Å². The van der Waals surface area contributed by atoms with E-state index in [0.29, 0.717) is 11.6 Å². The second kappa shape index (κ2) is 7.95. The van der Waals surface area contributed by atoms with Crippen LogP contribution in [-0.2, 0) is 10.0 Å². The van der Waals surface area contributed by atoms with Crippen molar-refractivity contribution in [3.05, 3.63) is 42.2 Å². The highest BCUT2D eigenvalue weighted by molar-refractivity contribution is 7.92. The molecule has 11 heteroatoms. The van der Waals surface area contributed by atoms with Crippen LogP contribution in [0.3, 0.4) is 0 Å². The molecule has 3 aromatic rings. The Kier molecular flexibility index (Phi) is 5.59. The van der Waals surface area contributed by atoms with Gasteiger partial charge >= 0.3 is 6.01 Å². The fourth-order valence-corrected chi connectivity index (χ4v) is 3.58. The van der Waals surface area contributed by atoms with Crippen molar-refractivity contribution in [1.82, 2.24) is 10.2 Å². The number of nitrogens with zero attached hydrogens (tertiary/aromatic N) is 3. The average Bonchev–Trinajstić information content (AvgIpc) is 3.18. The minimum atomic E-state index is -4.20. The third-order valence-electron chi connectivity index (χ3n) is 3.91. The summed E-state index contributed by atoms with van der Waals surface area (Å²) in [5, 5.41) is 7.82. The van der Waals surface area contributed by atoms with E-state index in [1.807, 2.05) is 0 Å². The van der Waals surface area contributed by atoms with Gasteiger partial charge in [-0.25, -0.2) is 12.8 Å². The third kappa shape index (κ3) is 4.24. The van der Waals surface area contributed by atoms with Gasteiger partial charge in [0.25, 0.3) is 10.0 Å². The van der Waals surface area contributed by atoms with Crippen LogP contribution in [0.2, 0.25) is 0 Å². The molecule has 1 aromatic heterocycles. The third-order valence-corrected chi connectivity index (χ3v) is 5.30. The van der Waals surface area contributed by atoms with Gasteiger partial charge in [0, 0.05) is 37.5 Å². The van der Waals surface area contributed by atoms with Gasteiger partial charge in [-0.05, 0) is 24.3 Å². The van der Waals surface area contributed by atoms with Gasteiger partial charge in [-0.2, -0.15) is 0 Å². The number of hydrogen-bond donors (Lipinski definition) is 1. The summed E-state index contributed by atoms with van der Waals surface area (Å²) in [5.74, 6) is -0.495. The van der Waals surface area contributed by atoms with E-state index in [1.54, 1.807) is 31.1 Å². The number of rotatable bonds is 7. The standard InChI is InChI=1S/C18H19FN4O5S/c1-23(2)18-21-20-17(28-18)11-5-7-12(8-6-11)22-29(24,25)16-10-15(27-4)14(26-3)9-13(16)19/h5-10,22H,1-4H3. The lowest BCUT2D eigenvalue weighted by molar-refractivity contribution is 0.350. The summed E-state index contributed by atoms with van der Waals surface area (Å²) in [4.78, 5) is 1.10. The van der Waals surface area contributed by atoms with Gasteiger partial charge in [0.05, 0.1) is 14.2 Å². The molecule has 0 atom stereocenters. The van der Waals surface area contributed by atoms with Crippen LogP contribution in [0.4, 0.5) is 16.1 Å². The zero-order chi connectivity index (χ0) is 21.2. The molecule has 3 rings (SSSR count). The van der Waals surface area contributed by atoms with Crippen molar-refractivity contribution in [2.45, 2.75) is 4.90 Å². The van der Waals surface area contributed by atoms with Crippen LogP contribution < -0.4 is 19.1 Å². The number of aromatic nitrogens is 2. The average molecular weight is 422 g/mol. The molecule has 0 saturated heterocycles. The Hall–Kier alpha value is -3.34. The molecule has 9 nitrogen and oxygen atoms in total. The molecule has 0 spiro atoms. The van der Waals surface area contributed by atoms with Crippen molar-refractivity contribution >= 4 is 21.7 Å². The van der Waals surface area contributed by atoms with Crippen LogP contribution in [0.15, 0.2) is 45.7 Å². The zero-order valence-electron chi connectivity index (χ0n) is 16.1. The maximum absolute atomic E-state index is 14.3. The highest BCUT2D eigenvalue weighted by Gasteiger charge is 2.23. The summed E-state index contributed by atoms with van der Waals surface area (Å²) in [5.41, 5.74) is 0.834. The first-order valence-corrected chi connectivity index (χ1v) is 9.79. The van der Waals surface area contributed by atoms with Crippen molar-refractivity contribution in [2.75, 3.05) is 37.9 Å². The lowest BCUT2D eigenvalue weighted by atomic mass is 10.2. The molecule has 154 valence electrons. The van der Waals surface area contributed by atoms with Crippen molar-refractivity contribution in [2.24, 2.45) is 0 Å². The fraction of sp³-hybridized carbons (Fsp3) is 0.222. The molecule has 0 saturated carbocycles. The summed E-state index contributed by atoms with van der Waals surface area (Å²) < 4.78 is 57.4. The lowest BCUT2D eigenvalue weighted by Gasteiger charge is -2.13. The van der Waals surface area contributed by atoms with E-state index < -0.39 is 20.7 Å². The first-order valence-electron chi connectivity index (χ1n) is 8.30. The van der Waals surface area contributed by atoms with E-state index in [9.17, 15) is 12.8 Å². The molecule has 0 bridgehead atoms. The second-order valence-electron chi connectivity index (χ2n) is 6.10. The molecular formula is C18H19FN4O5S. The molecule has 1 N–H and O–H groups in total. The Balaban J connectivity index is 1.85. The van der Waals surface area contributed by atoms with E-state index in [2.05, 4.69) is 14.9 Å². The van der Waals surface area contributed by atoms with Gasteiger partial charge in [0.1, 0.15) is 10.7 Å². The quantitative estimate of drug-likeness (QED) is 0.619. The maximum atomic E-state index is 14.3. The zero-order valence-corrected chi connectivity index (χ0v) is 16.9. The van der Waals surface area contributed by atoms with Gasteiger partial charge in [0.15, 0.2) is 11.5 Å². The normalized spacial score (nSPS) is 11.2. The molecule has 0 aliphatic heterocycles. The molecule has 0 amide bonds. The number of methoxy groups -OCH3 is 2. The van der Waals surface area contributed by atoms with Crippen LogP contribution >= 0.6 is 0 Å².